The Bertz CT molecular complexity index is 643. The average molecular weight is 340 g/mol. The second-order valence-electron chi connectivity index (χ2n) is 6.05. The molecule has 1 aliphatic heterocycles. The monoisotopic (exact) mass is 340 g/mol. The standard InChI is InChI=1S/C16H24N2O4S/c1-12(16(19)17-14-8-9-23(20,21)11-14)18(2)10-13-4-6-15(22-3)7-5-13/h4-7,12,14H,8-11H2,1-3H3,(H,17,19)/t12-,14-/m1/s1. The summed E-state index contributed by atoms with van der Waals surface area (Å²) in [6.07, 6.45) is 0.503. The summed E-state index contributed by atoms with van der Waals surface area (Å²) in [6, 6.07) is 7.10. The molecule has 6 nitrogen and oxygen atoms in total. The lowest BCUT2D eigenvalue weighted by atomic mass is 10.1. The first-order chi connectivity index (χ1) is 10.8. The Morgan fingerprint density at radius 3 is 2.57 bits per heavy atom. The predicted molar refractivity (Wildman–Crippen MR) is 89.1 cm³/mol. The number of nitrogens with one attached hydrogen (secondary N) is 1. The summed E-state index contributed by atoms with van der Waals surface area (Å²) < 4.78 is 28.0. The molecule has 1 aliphatic rings. The number of nitrogens with zero attached hydrogens (tertiary/aromatic N) is 1. The Labute approximate surface area is 137 Å². The molecule has 128 valence electrons. The van der Waals surface area contributed by atoms with Crippen molar-refractivity contribution in [1.29, 1.82) is 0 Å². The molecule has 0 radical (unpaired) electrons. The lowest BCUT2D eigenvalue weighted by molar-refractivity contribution is -0.126. The summed E-state index contributed by atoms with van der Waals surface area (Å²) in [6.45, 7) is 2.45. The Kier molecular flexibility index (Phi) is 5.64. The summed E-state index contributed by atoms with van der Waals surface area (Å²) in [5.74, 6) is 0.870. The van der Waals surface area contributed by atoms with Crippen molar-refractivity contribution < 1.29 is 17.9 Å². The second kappa shape index (κ2) is 7.31. The minimum absolute atomic E-state index is 0.0493. The van der Waals surface area contributed by atoms with E-state index >= 15 is 0 Å². The Hall–Kier alpha value is -1.60. The predicted octanol–water partition coefficient (Wildman–Crippen LogP) is 0.819. The van der Waals surface area contributed by atoms with Gasteiger partial charge in [-0.2, -0.15) is 0 Å². The van der Waals surface area contributed by atoms with Crippen LogP contribution in [0.15, 0.2) is 24.3 Å². The fourth-order valence-electron chi connectivity index (χ4n) is 2.59. The number of hydrogen-bond donors (Lipinski definition) is 1. The third-order valence-corrected chi connectivity index (χ3v) is 5.98. The highest BCUT2D eigenvalue weighted by Gasteiger charge is 2.30. The van der Waals surface area contributed by atoms with Gasteiger partial charge in [-0.15, -0.1) is 0 Å². The molecule has 0 unspecified atom stereocenters. The third kappa shape index (κ3) is 4.94. The normalized spacial score (nSPS) is 21.1. The summed E-state index contributed by atoms with van der Waals surface area (Å²) in [5.41, 5.74) is 1.08. The third-order valence-electron chi connectivity index (χ3n) is 4.21. The molecule has 0 aliphatic carbocycles. The van der Waals surface area contributed by atoms with Crippen LogP contribution in [0, 0.1) is 0 Å². The van der Waals surface area contributed by atoms with Crippen molar-refractivity contribution in [2.24, 2.45) is 0 Å². The van der Waals surface area contributed by atoms with Crippen molar-refractivity contribution in [3.8, 4) is 5.75 Å². The van der Waals surface area contributed by atoms with Crippen molar-refractivity contribution in [2.45, 2.75) is 32.0 Å². The zero-order valence-corrected chi connectivity index (χ0v) is 14.6. The Morgan fingerprint density at radius 2 is 2.04 bits per heavy atom. The molecule has 1 amide bonds. The van der Waals surface area contributed by atoms with Crippen LogP contribution in [0.25, 0.3) is 0 Å². The Balaban J connectivity index is 1.88. The second-order valence-corrected chi connectivity index (χ2v) is 8.28. The number of amides is 1. The fraction of sp³-hybridized carbons (Fsp3) is 0.562. The molecule has 2 atom stereocenters. The van der Waals surface area contributed by atoms with Crippen molar-refractivity contribution in [2.75, 3.05) is 25.7 Å². The maximum absolute atomic E-state index is 12.3. The molecule has 1 N–H and O–H groups in total. The van der Waals surface area contributed by atoms with Gasteiger partial charge in [0.25, 0.3) is 0 Å². The van der Waals surface area contributed by atoms with E-state index in [4.69, 9.17) is 4.74 Å². The molecule has 0 spiro atoms. The average Bonchev–Trinajstić information content (AvgIpc) is 2.85. The Morgan fingerprint density at radius 1 is 1.39 bits per heavy atom. The largest absolute Gasteiger partial charge is 0.497 e. The number of carbonyl (C=O) groups is 1. The summed E-state index contributed by atoms with van der Waals surface area (Å²) in [7, 11) is 0.514. The molecule has 1 aromatic carbocycles. The van der Waals surface area contributed by atoms with E-state index in [-0.39, 0.29) is 29.5 Å². The molecule has 23 heavy (non-hydrogen) atoms. The first kappa shape index (κ1) is 17.7. The molecule has 0 bridgehead atoms. The van der Waals surface area contributed by atoms with Crippen molar-refractivity contribution >= 4 is 15.7 Å². The molecule has 2 rings (SSSR count). The topological polar surface area (TPSA) is 75.7 Å². The van der Waals surface area contributed by atoms with Crippen LogP contribution in [0.4, 0.5) is 0 Å². The molecule has 1 fully saturated rings. The lowest BCUT2D eigenvalue weighted by Crippen LogP contribution is -2.47. The number of sulfone groups is 1. The number of hydrogen-bond acceptors (Lipinski definition) is 5. The molecule has 1 heterocycles. The SMILES string of the molecule is COc1ccc(CN(C)[C@H](C)C(=O)N[C@@H]2CCS(=O)(=O)C2)cc1. The minimum Gasteiger partial charge on any atom is -0.497 e. The maximum Gasteiger partial charge on any atom is 0.237 e. The van der Waals surface area contributed by atoms with E-state index in [0.717, 1.165) is 11.3 Å². The van der Waals surface area contributed by atoms with E-state index in [1.807, 2.05) is 43.1 Å². The number of methoxy groups -OCH3 is 1. The molecule has 1 aromatic rings. The number of likely N-dealkylation sites (N-methyl/N-ethyl adjacent to an activating group) is 1. The van der Waals surface area contributed by atoms with Gasteiger partial charge in [-0.3, -0.25) is 9.69 Å². The first-order valence-electron chi connectivity index (χ1n) is 7.64. The quantitative estimate of drug-likeness (QED) is 0.830. The van der Waals surface area contributed by atoms with Gasteiger partial charge < -0.3 is 10.1 Å². The fourth-order valence-corrected chi connectivity index (χ4v) is 4.26. The summed E-state index contributed by atoms with van der Waals surface area (Å²) >= 11 is 0. The van der Waals surface area contributed by atoms with Gasteiger partial charge in [-0.25, -0.2) is 8.42 Å². The van der Waals surface area contributed by atoms with Gasteiger partial charge in [0.05, 0.1) is 24.7 Å². The van der Waals surface area contributed by atoms with Gasteiger partial charge >= 0.3 is 0 Å². The zero-order valence-electron chi connectivity index (χ0n) is 13.8. The maximum atomic E-state index is 12.3. The summed E-state index contributed by atoms with van der Waals surface area (Å²) in [5, 5.41) is 2.84. The van der Waals surface area contributed by atoms with Crippen molar-refractivity contribution in [3.05, 3.63) is 29.8 Å². The van der Waals surface area contributed by atoms with Crippen LogP contribution in [0.5, 0.6) is 5.75 Å². The molecule has 1 saturated heterocycles. The number of ether oxygens (including phenoxy) is 1. The van der Waals surface area contributed by atoms with Gasteiger partial charge in [0.1, 0.15) is 5.75 Å². The first-order valence-corrected chi connectivity index (χ1v) is 9.47. The van der Waals surface area contributed by atoms with E-state index < -0.39 is 9.84 Å². The van der Waals surface area contributed by atoms with Crippen LogP contribution in [0.3, 0.4) is 0 Å². The number of carbonyl (C=O) groups excluding carboxylic acids is 1. The molecule has 7 heteroatoms. The smallest absolute Gasteiger partial charge is 0.237 e. The van der Waals surface area contributed by atoms with E-state index in [0.29, 0.717) is 13.0 Å². The molecular weight excluding hydrogens is 316 g/mol. The number of rotatable bonds is 6. The zero-order chi connectivity index (χ0) is 17.0. The molecule has 0 aromatic heterocycles. The molecule has 0 saturated carbocycles. The van der Waals surface area contributed by atoms with Crippen molar-refractivity contribution in [3.63, 3.8) is 0 Å². The highest BCUT2D eigenvalue weighted by atomic mass is 32.2. The van der Waals surface area contributed by atoms with E-state index in [1.165, 1.54) is 0 Å². The minimum atomic E-state index is -2.98. The van der Waals surface area contributed by atoms with Crippen LogP contribution in [-0.2, 0) is 21.2 Å². The van der Waals surface area contributed by atoms with Gasteiger partial charge in [0, 0.05) is 12.6 Å². The van der Waals surface area contributed by atoms with Gasteiger partial charge in [0.2, 0.25) is 5.91 Å². The van der Waals surface area contributed by atoms with Crippen LogP contribution >= 0.6 is 0 Å². The van der Waals surface area contributed by atoms with E-state index in [9.17, 15) is 13.2 Å². The van der Waals surface area contributed by atoms with E-state index in [1.54, 1.807) is 7.11 Å². The number of benzene rings is 1. The van der Waals surface area contributed by atoms with Crippen molar-refractivity contribution in [1.82, 2.24) is 10.2 Å². The van der Waals surface area contributed by atoms with Crippen LogP contribution in [0.2, 0.25) is 0 Å². The van der Waals surface area contributed by atoms with Crippen LogP contribution in [0.1, 0.15) is 18.9 Å². The highest BCUT2D eigenvalue weighted by Crippen LogP contribution is 2.15. The molecular formula is C16H24N2O4S. The van der Waals surface area contributed by atoms with Gasteiger partial charge in [-0.05, 0) is 38.1 Å². The highest BCUT2D eigenvalue weighted by molar-refractivity contribution is 7.91. The summed E-state index contributed by atoms with van der Waals surface area (Å²) in [4.78, 5) is 14.2. The van der Waals surface area contributed by atoms with Gasteiger partial charge in [-0.1, -0.05) is 12.1 Å². The van der Waals surface area contributed by atoms with Gasteiger partial charge in [0.15, 0.2) is 9.84 Å². The van der Waals surface area contributed by atoms with Crippen LogP contribution in [-0.4, -0.2) is 57.0 Å². The van der Waals surface area contributed by atoms with Crippen LogP contribution < -0.4 is 10.1 Å². The lowest BCUT2D eigenvalue weighted by Gasteiger charge is -2.25. The van der Waals surface area contributed by atoms with E-state index in [2.05, 4.69) is 5.32 Å².